The van der Waals surface area contributed by atoms with Crippen LogP contribution in [0.3, 0.4) is 0 Å². The lowest BCUT2D eigenvalue weighted by atomic mass is 10.1. The zero-order chi connectivity index (χ0) is 18.5. The maximum atomic E-state index is 12.3. The summed E-state index contributed by atoms with van der Waals surface area (Å²) in [5.74, 6) is 0.0397. The predicted octanol–water partition coefficient (Wildman–Crippen LogP) is 3.73. The zero-order valence-corrected chi connectivity index (χ0v) is 16.5. The van der Waals surface area contributed by atoms with Gasteiger partial charge in [-0.05, 0) is 39.2 Å². The van der Waals surface area contributed by atoms with Gasteiger partial charge in [-0.3, -0.25) is 4.79 Å². The van der Waals surface area contributed by atoms with Crippen LogP contribution in [0.4, 0.5) is 0 Å². The van der Waals surface area contributed by atoms with Crippen molar-refractivity contribution in [2.45, 2.75) is 62.7 Å². The van der Waals surface area contributed by atoms with E-state index in [1.54, 1.807) is 0 Å². The van der Waals surface area contributed by atoms with Gasteiger partial charge in [0.25, 0.3) is 0 Å². The minimum Gasteiger partial charge on any atom is -0.376 e. The van der Waals surface area contributed by atoms with Crippen LogP contribution in [-0.2, 0) is 16.1 Å². The first-order valence-corrected chi connectivity index (χ1v) is 10.1. The highest BCUT2D eigenvalue weighted by Crippen LogP contribution is 2.30. The first kappa shape index (κ1) is 19.0. The van der Waals surface area contributed by atoms with E-state index in [-0.39, 0.29) is 23.3 Å². The second kappa shape index (κ2) is 8.73. The Bertz CT molecular complexity index is 724. The molecule has 1 aromatic heterocycles. The highest BCUT2D eigenvalue weighted by Gasteiger charge is 2.23. The number of amides is 1. The molecule has 1 N–H and O–H groups in total. The fourth-order valence-corrected chi connectivity index (χ4v) is 3.98. The molecule has 1 aromatic carbocycles. The molecule has 2 unspecified atom stereocenters. The number of aromatic nitrogens is 2. The standard InChI is InChI=1S/C20H27N3O2S/c1-14(2)22-19(24)15(3)26-20-21-12-18(16-8-5-4-6-9-16)23(20)13-17-10-7-11-25-17/h4-6,8-9,12,14-15,17H,7,10-11,13H2,1-3H3,(H,22,24). The number of nitrogens with zero attached hydrogens (tertiary/aromatic N) is 2. The maximum Gasteiger partial charge on any atom is 0.233 e. The lowest BCUT2D eigenvalue weighted by Gasteiger charge is -2.18. The fraction of sp³-hybridized carbons (Fsp3) is 0.500. The average molecular weight is 374 g/mol. The number of ether oxygens (including phenoxy) is 1. The zero-order valence-electron chi connectivity index (χ0n) is 15.6. The second-order valence-electron chi connectivity index (χ2n) is 6.96. The Morgan fingerprint density at radius 3 is 2.77 bits per heavy atom. The Morgan fingerprint density at radius 1 is 1.35 bits per heavy atom. The molecule has 3 rings (SSSR count). The van der Waals surface area contributed by atoms with Crippen molar-refractivity contribution in [2.24, 2.45) is 0 Å². The van der Waals surface area contributed by atoms with Gasteiger partial charge in [-0.15, -0.1) is 0 Å². The van der Waals surface area contributed by atoms with Crippen molar-refractivity contribution < 1.29 is 9.53 Å². The molecule has 1 aliphatic heterocycles. The van der Waals surface area contributed by atoms with E-state index in [0.29, 0.717) is 0 Å². The fourth-order valence-electron chi connectivity index (χ4n) is 3.07. The van der Waals surface area contributed by atoms with Crippen molar-refractivity contribution >= 4 is 17.7 Å². The number of nitrogens with one attached hydrogen (secondary N) is 1. The number of benzene rings is 1. The Labute approximate surface area is 159 Å². The molecule has 5 nitrogen and oxygen atoms in total. The minimum atomic E-state index is -0.202. The van der Waals surface area contributed by atoms with E-state index in [4.69, 9.17) is 4.74 Å². The lowest BCUT2D eigenvalue weighted by Crippen LogP contribution is -2.36. The van der Waals surface area contributed by atoms with E-state index >= 15 is 0 Å². The van der Waals surface area contributed by atoms with Gasteiger partial charge in [0.2, 0.25) is 5.91 Å². The van der Waals surface area contributed by atoms with Crippen LogP contribution in [0.15, 0.2) is 41.7 Å². The second-order valence-corrected chi connectivity index (χ2v) is 8.27. The van der Waals surface area contributed by atoms with E-state index in [0.717, 1.165) is 42.4 Å². The number of thioether (sulfide) groups is 1. The van der Waals surface area contributed by atoms with Crippen molar-refractivity contribution in [1.82, 2.24) is 14.9 Å². The Kier molecular flexibility index (Phi) is 6.38. The molecule has 1 amide bonds. The molecular weight excluding hydrogens is 346 g/mol. The molecule has 0 spiro atoms. The van der Waals surface area contributed by atoms with Crippen molar-refractivity contribution in [3.63, 3.8) is 0 Å². The van der Waals surface area contributed by atoms with Crippen LogP contribution in [0.5, 0.6) is 0 Å². The summed E-state index contributed by atoms with van der Waals surface area (Å²) in [6.45, 7) is 7.47. The SMILES string of the molecule is CC(C)NC(=O)C(C)Sc1ncc(-c2ccccc2)n1CC1CCCO1. The van der Waals surface area contributed by atoms with Crippen LogP contribution in [0.2, 0.25) is 0 Å². The maximum absolute atomic E-state index is 12.3. The molecule has 0 saturated carbocycles. The van der Waals surface area contributed by atoms with Gasteiger partial charge in [0, 0.05) is 12.6 Å². The summed E-state index contributed by atoms with van der Waals surface area (Å²) in [5.41, 5.74) is 2.20. The first-order chi connectivity index (χ1) is 12.5. The molecular formula is C20H27N3O2S. The van der Waals surface area contributed by atoms with Crippen molar-refractivity contribution in [2.75, 3.05) is 6.61 Å². The van der Waals surface area contributed by atoms with Crippen LogP contribution in [0.1, 0.15) is 33.6 Å². The lowest BCUT2D eigenvalue weighted by molar-refractivity contribution is -0.120. The van der Waals surface area contributed by atoms with Gasteiger partial charge in [0.1, 0.15) is 0 Å². The van der Waals surface area contributed by atoms with Crippen LogP contribution >= 0.6 is 11.8 Å². The molecule has 1 saturated heterocycles. The molecule has 0 radical (unpaired) electrons. The summed E-state index contributed by atoms with van der Waals surface area (Å²) in [7, 11) is 0. The molecule has 1 fully saturated rings. The highest BCUT2D eigenvalue weighted by atomic mass is 32.2. The third-order valence-corrected chi connectivity index (χ3v) is 5.49. The summed E-state index contributed by atoms with van der Waals surface area (Å²) in [4.78, 5) is 16.9. The number of carbonyl (C=O) groups is 1. The van der Waals surface area contributed by atoms with Gasteiger partial charge in [-0.25, -0.2) is 4.98 Å². The van der Waals surface area contributed by atoms with E-state index in [1.807, 2.05) is 45.2 Å². The number of rotatable bonds is 7. The summed E-state index contributed by atoms with van der Waals surface area (Å²) in [6, 6.07) is 10.4. The van der Waals surface area contributed by atoms with Crippen LogP contribution in [0.25, 0.3) is 11.3 Å². The van der Waals surface area contributed by atoms with Gasteiger partial charge < -0.3 is 14.6 Å². The molecule has 6 heteroatoms. The Balaban J connectivity index is 1.84. The van der Waals surface area contributed by atoms with E-state index in [1.165, 1.54) is 11.8 Å². The molecule has 1 aliphatic rings. The number of carbonyl (C=O) groups excluding carboxylic acids is 1. The van der Waals surface area contributed by atoms with Gasteiger partial charge in [-0.2, -0.15) is 0 Å². The largest absolute Gasteiger partial charge is 0.376 e. The number of hydrogen-bond donors (Lipinski definition) is 1. The van der Waals surface area contributed by atoms with E-state index in [9.17, 15) is 4.79 Å². The van der Waals surface area contributed by atoms with Crippen molar-refractivity contribution in [1.29, 1.82) is 0 Å². The summed E-state index contributed by atoms with van der Waals surface area (Å²) < 4.78 is 8.04. The van der Waals surface area contributed by atoms with E-state index < -0.39 is 0 Å². The van der Waals surface area contributed by atoms with Gasteiger partial charge in [-0.1, -0.05) is 42.1 Å². The quantitative estimate of drug-likeness (QED) is 0.751. The van der Waals surface area contributed by atoms with Crippen molar-refractivity contribution in [3.8, 4) is 11.3 Å². The number of hydrogen-bond acceptors (Lipinski definition) is 4. The van der Waals surface area contributed by atoms with Gasteiger partial charge in [0.15, 0.2) is 5.16 Å². The molecule has 26 heavy (non-hydrogen) atoms. The molecule has 2 heterocycles. The van der Waals surface area contributed by atoms with Crippen LogP contribution in [-0.4, -0.2) is 39.5 Å². The molecule has 2 atom stereocenters. The normalized spacial score (nSPS) is 18.2. The third kappa shape index (κ3) is 4.68. The monoisotopic (exact) mass is 373 g/mol. The van der Waals surface area contributed by atoms with Crippen LogP contribution < -0.4 is 5.32 Å². The summed E-state index contributed by atoms with van der Waals surface area (Å²) >= 11 is 1.50. The van der Waals surface area contributed by atoms with Crippen LogP contribution in [0, 0.1) is 0 Å². The molecule has 2 aromatic rings. The molecule has 140 valence electrons. The first-order valence-electron chi connectivity index (χ1n) is 9.24. The van der Waals surface area contributed by atoms with Crippen molar-refractivity contribution in [3.05, 3.63) is 36.5 Å². The molecule has 0 bridgehead atoms. The smallest absolute Gasteiger partial charge is 0.233 e. The van der Waals surface area contributed by atoms with Gasteiger partial charge in [0.05, 0.1) is 29.8 Å². The van der Waals surface area contributed by atoms with Gasteiger partial charge >= 0.3 is 0 Å². The summed E-state index contributed by atoms with van der Waals surface area (Å²) in [5, 5.41) is 3.64. The topological polar surface area (TPSA) is 56.2 Å². The summed E-state index contributed by atoms with van der Waals surface area (Å²) in [6.07, 6.45) is 4.29. The Hall–Kier alpha value is -1.79. The minimum absolute atomic E-state index is 0.0397. The molecule has 0 aliphatic carbocycles. The average Bonchev–Trinajstić information content (AvgIpc) is 3.26. The highest BCUT2D eigenvalue weighted by molar-refractivity contribution is 8.00. The third-order valence-electron chi connectivity index (χ3n) is 4.38. The Morgan fingerprint density at radius 2 is 2.12 bits per heavy atom. The number of imidazole rings is 1. The predicted molar refractivity (Wildman–Crippen MR) is 105 cm³/mol. The van der Waals surface area contributed by atoms with E-state index in [2.05, 4.69) is 27.0 Å².